The van der Waals surface area contributed by atoms with Crippen molar-refractivity contribution in [3.05, 3.63) is 201 Å². The predicted molar refractivity (Wildman–Crippen MR) is 476 cm³/mol. The number of hydrogen-bond acceptors (Lipinski definition) is 20. The summed E-state index contributed by atoms with van der Waals surface area (Å²) in [6.07, 6.45) is 9.46. The number of rotatable bonds is 48. The summed E-state index contributed by atoms with van der Waals surface area (Å²) in [6, 6.07) is 52.6. The summed E-state index contributed by atoms with van der Waals surface area (Å²) in [7, 11) is 0. The van der Waals surface area contributed by atoms with Crippen molar-refractivity contribution >= 4 is 64.4 Å². The lowest BCUT2D eigenvalue weighted by Gasteiger charge is -2.48. The van der Waals surface area contributed by atoms with Crippen LogP contribution in [0.25, 0.3) is 44.4 Å². The summed E-state index contributed by atoms with van der Waals surface area (Å²) in [5, 5.41) is 31.9. The van der Waals surface area contributed by atoms with E-state index in [1.165, 1.54) is 33.2 Å². The molecule has 1 saturated carbocycles. The van der Waals surface area contributed by atoms with Crippen molar-refractivity contribution in [2.24, 2.45) is 34.5 Å². The standard InChI is InChI=1S/C99H123N9O17/c1-8-69(119-58-26-54-102-96(114)122-63-83-78-37-19-13-31-72(78)73-32-14-20-38-79(73)83)49-51-98(6,50-48-68(5)118-57-25-53-101-95(113)121-62-82-76-35-17-11-29-70(76)71-30-12-18-36-77(71)82)67(4)60-88(120-59-27-55-103-97(115)123-64-84-80-39-21-15-33-74(80)75-34-16-22-40-81(75)84)99(7)66(3)42-43-85(99)65(2)28-24-56-106(61-92(112)124-107-90(110)46-47-91(107)111)89(109)41-10-9-23-52-100-86-44-45-87(108(116)117)94-93(86)104-125-105-94/h11-22,29-40,44-45,65-69,82-85,88,100H,8-10,23-28,41-43,46-64H2,1-7H3,(H,101,113)(H,102,114)(H,103,115)/t65-,66-,67-,68+,69+,85-,88+,98-,99+/m1/s1. The fourth-order valence-corrected chi connectivity index (χ4v) is 19.7. The van der Waals surface area contributed by atoms with Gasteiger partial charge in [-0.1, -0.05) is 194 Å². The largest absolute Gasteiger partial charge is 0.449 e. The Labute approximate surface area is 733 Å². The van der Waals surface area contributed by atoms with Gasteiger partial charge in [0.25, 0.3) is 11.8 Å². The summed E-state index contributed by atoms with van der Waals surface area (Å²) in [5.41, 5.74) is 13.8. The highest BCUT2D eigenvalue weighted by Gasteiger charge is 2.53. The quantitative estimate of drug-likeness (QED) is 0.00905. The van der Waals surface area contributed by atoms with Gasteiger partial charge in [-0.3, -0.25) is 24.5 Å². The molecular formula is C99H123N9O17. The van der Waals surface area contributed by atoms with Crippen LogP contribution in [0.2, 0.25) is 0 Å². The van der Waals surface area contributed by atoms with Crippen molar-refractivity contribution in [2.75, 3.05) is 84.2 Å². The Morgan fingerprint density at radius 2 is 1.04 bits per heavy atom. The fourth-order valence-electron chi connectivity index (χ4n) is 19.7. The zero-order valence-corrected chi connectivity index (χ0v) is 73.4. The number of benzene rings is 7. The van der Waals surface area contributed by atoms with E-state index in [0.29, 0.717) is 108 Å². The van der Waals surface area contributed by atoms with E-state index >= 15 is 0 Å². The minimum absolute atomic E-state index is 0.0335. The molecule has 6 amide bonds. The van der Waals surface area contributed by atoms with Gasteiger partial charge in [-0.15, -0.1) is 5.06 Å². The van der Waals surface area contributed by atoms with Gasteiger partial charge in [-0.25, -0.2) is 23.8 Å². The molecule has 0 radical (unpaired) electrons. The smallest absolute Gasteiger partial charge is 0.407 e. The van der Waals surface area contributed by atoms with E-state index in [2.05, 4.69) is 153 Å². The van der Waals surface area contributed by atoms with Crippen molar-refractivity contribution in [1.29, 1.82) is 0 Å². The van der Waals surface area contributed by atoms with Crippen molar-refractivity contribution in [2.45, 2.75) is 207 Å². The minimum Gasteiger partial charge on any atom is -0.449 e. The number of nitro benzene ring substituents is 1. The molecule has 2 fully saturated rings. The summed E-state index contributed by atoms with van der Waals surface area (Å²) in [6.45, 7) is 19.3. The Balaban J connectivity index is 0.665. The van der Waals surface area contributed by atoms with E-state index in [4.69, 9.17) is 37.9 Å². The van der Waals surface area contributed by atoms with Crippen LogP contribution < -0.4 is 21.3 Å². The highest BCUT2D eigenvalue weighted by molar-refractivity contribution is 6.02. The molecule has 8 aromatic rings. The number of amides is 6. The van der Waals surface area contributed by atoms with Crippen LogP contribution in [0.1, 0.15) is 222 Å². The molecule has 2 heterocycles. The SMILES string of the molecule is CC[C@@H](CC[C@@](C)(CC[C@H](C)OCCCNC(=O)OCC1c2ccccc2-c2ccccc21)[C@H](C)C[C@H](OCCCNC(=O)OCC1c2ccccc2-c2ccccc21)[C@@]1(C)[C@H](C)CC[C@@H]1[C@H](C)CCCN(CC(=O)ON1C(=O)CCC1=O)C(=O)CCCCCNc1ccc([N+](=O)[O-])c2nonc12)OCCCNC(=O)OCC1c2ccccc2-c2ccccc21. The number of alkyl carbamates (subject to hydrolysis) is 3. The molecular weight excluding hydrogens is 1590 g/mol. The maximum absolute atomic E-state index is 14.4. The van der Waals surface area contributed by atoms with Gasteiger partial charge in [0.15, 0.2) is 5.52 Å². The Hall–Kier alpha value is -11.1. The summed E-state index contributed by atoms with van der Waals surface area (Å²) in [5.74, 6) is -1.96. The van der Waals surface area contributed by atoms with Gasteiger partial charge in [-0.05, 0) is 221 Å². The number of nitrogens with zero attached hydrogens (tertiary/aromatic N) is 5. The number of unbranched alkanes of at least 4 members (excludes halogenated alkanes) is 2. The molecule has 26 nitrogen and oxygen atoms in total. The molecule has 666 valence electrons. The number of non-ortho nitro benzene ring substituents is 1. The highest BCUT2D eigenvalue weighted by Crippen LogP contribution is 2.57. The van der Waals surface area contributed by atoms with Gasteiger partial charge in [0.2, 0.25) is 11.4 Å². The van der Waals surface area contributed by atoms with Crippen LogP contribution >= 0.6 is 0 Å². The van der Waals surface area contributed by atoms with Gasteiger partial charge in [0.1, 0.15) is 26.4 Å². The van der Waals surface area contributed by atoms with E-state index in [-0.39, 0.29) is 139 Å². The van der Waals surface area contributed by atoms with Crippen molar-refractivity contribution < 1.29 is 76.4 Å². The Morgan fingerprint density at radius 3 is 1.53 bits per heavy atom. The molecule has 4 aliphatic carbocycles. The van der Waals surface area contributed by atoms with Crippen LogP contribution in [0, 0.1) is 44.6 Å². The zero-order valence-electron chi connectivity index (χ0n) is 73.4. The molecule has 1 saturated heterocycles. The number of carbonyl (C=O) groups is 7. The predicted octanol–water partition coefficient (Wildman–Crippen LogP) is 19.0. The van der Waals surface area contributed by atoms with Crippen LogP contribution in [-0.4, -0.2) is 164 Å². The lowest BCUT2D eigenvalue weighted by molar-refractivity contribution is -0.383. The molecule has 26 heteroatoms. The minimum atomic E-state index is -0.891. The molecule has 0 spiro atoms. The average molecular weight is 1710 g/mol. The number of nitrogens with one attached hydrogen (secondary N) is 4. The third-order valence-corrected chi connectivity index (χ3v) is 27.3. The third-order valence-electron chi connectivity index (χ3n) is 27.3. The number of hydroxylamine groups is 2. The molecule has 7 aromatic carbocycles. The van der Waals surface area contributed by atoms with Crippen molar-refractivity contribution in [3.8, 4) is 33.4 Å². The van der Waals surface area contributed by atoms with Crippen molar-refractivity contribution in [3.63, 3.8) is 0 Å². The monoisotopic (exact) mass is 1710 g/mol. The number of fused-ring (bicyclic) bond motifs is 10. The second kappa shape index (κ2) is 43.7. The Bertz CT molecular complexity index is 4890. The molecule has 4 N–H and O–H groups in total. The Morgan fingerprint density at radius 1 is 0.576 bits per heavy atom. The van der Waals surface area contributed by atoms with E-state index in [1.54, 1.807) is 6.07 Å². The van der Waals surface area contributed by atoms with E-state index in [9.17, 15) is 43.7 Å². The molecule has 5 aliphatic rings. The number of imide groups is 1. The van der Waals surface area contributed by atoms with E-state index in [0.717, 1.165) is 95.9 Å². The first-order valence-corrected chi connectivity index (χ1v) is 45.2. The van der Waals surface area contributed by atoms with Gasteiger partial charge in [0, 0.05) is 95.6 Å². The average Bonchev–Trinajstić information content (AvgIpc) is 1.65. The Kier molecular flexibility index (Phi) is 32.0. The molecule has 13 rings (SSSR count). The molecule has 125 heavy (non-hydrogen) atoms. The molecule has 0 unspecified atom stereocenters. The van der Waals surface area contributed by atoms with Gasteiger partial charge < -0.3 is 59.4 Å². The summed E-state index contributed by atoms with van der Waals surface area (Å²) < 4.78 is 43.3. The fraction of sp³-hybridized carbons (Fsp3) is 0.505. The number of ether oxygens (including phenoxy) is 6. The number of aromatic nitrogens is 2. The first kappa shape index (κ1) is 91.6. The topological polar surface area (TPSA) is 321 Å². The number of hydrogen-bond donors (Lipinski definition) is 4. The highest BCUT2D eigenvalue weighted by atomic mass is 16.7. The van der Waals surface area contributed by atoms with Crippen LogP contribution in [0.4, 0.5) is 25.8 Å². The van der Waals surface area contributed by atoms with Crippen molar-refractivity contribution in [1.82, 2.24) is 36.2 Å². The van der Waals surface area contributed by atoms with Gasteiger partial charge >= 0.3 is 29.9 Å². The molecule has 0 bridgehead atoms. The second-order valence-corrected chi connectivity index (χ2v) is 35.1. The lowest BCUT2D eigenvalue weighted by Crippen LogP contribution is -2.46. The number of carbonyl (C=O) groups excluding carboxylic acids is 7. The van der Waals surface area contributed by atoms with Crippen LogP contribution in [0.15, 0.2) is 162 Å². The van der Waals surface area contributed by atoms with Crippen LogP contribution in [0.3, 0.4) is 0 Å². The zero-order chi connectivity index (χ0) is 88.0. The maximum atomic E-state index is 14.4. The second-order valence-electron chi connectivity index (χ2n) is 35.1. The summed E-state index contributed by atoms with van der Waals surface area (Å²) >= 11 is 0. The maximum Gasteiger partial charge on any atom is 0.407 e. The lowest BCUT2D eigenvalue weighted by atomic mass is 9.61. The third kappa shape index (κ3) is 22.6. The number of anilines is 1. The van der Waals surface area contributed by atoms with Gasteiger partial charge in [0.05, 0.1) is 28.9 Å². The normalized spacial score (nSPS) is 18.0. The molecule has 1 aliphatic heterocycles. The molecule has 9 atom stereocenters. The molecule has 1 aromatic heterocycles. The van der Waals surface area contributed by atoms with E-state index in [1.807, 2.05) is 72.8 Å². The summed E-state index contributed by atoms with van der Waals surface area (Å²) in [4.78, 5) is 111. The number of nitro groups is 1. The van der Waals surface area contributed by atoms with Crippen LogP contribution in [0.5, 0.6) is 0 Å². The first-order chi connectivity index (χ1) is 60.6. The van der Waals surface area contributed by atoms with Crippen LogP contribution in [-0.2, 0) is 52.4 Å². The van der Waals surface area contributed by atoms with Gasteiger partial charge in [-0.2, -0.15) is 0 Å². The van der Waals surface area contributed by atoms with E-state index < -0.39 is 47.5 Å². The first-order valence-electron chi connectivity index (χ1n) is 45.2.